The molecule has 0 saturated carbocycles. The molecule has 2 aromatic carbocycles. The highest BCUT2D eigenvalue weighted by molar-refractivity contribution is 7.13. The van der Waals surface area contributed by atoms with Crippen molar-refractivity contribution in [1.29, 1.82) is 0 Å². The fourth-order valence-electron chi connectivity index (χ4n) is 3.30. The number of hydrogen-bond acceptors (Lipinski definition) is 5. The molecule has 136 valence electrons. The van der Waals surface area contributed by atoms with Gasteiger partial charge in [-0.15, -0.1) is 11.3 Å². The van der Waals surface area contributed by atoms with Crippen molar-refractivity contribution in [2.45, 2.75) is 12.5 Å². The minimum atomic E-state index is -1.08. The molecule has 7 heteroatoms. The van der Waals surface area contributed by atoms with Crippen LogP contribution in [0.2, 0.25) is 0 Å². The Morgan fingerprint density at radius 2 is 1.70 bits per heavy atom. The number of hydrogen-bond donors (Lipinski definition) is 2. The average molecular weight is 380 g/mol. The number of alkyl carbamates (subject to hydrolysis) is 1. The number of carbonyl (C=O) groups is 2. The smallest absolute Gasteiger partial charge is 0.407 e. The number of amides is 1. The summed E-state index contributed by atoms with van der Waals surface area (Å²) in [7, 11) is 0. The van der Waals surface area contributed by atoms with Crippen molar-refractivity contribution < 1.29 is 19.4 Å². The van der Waals surface area contributed by atoms with Gasteiger partial charge in [-0.3, -0.25) is 0 Å². The molecule has 4 rings (SSSR count). The summed E-state index contributed by atoms with van der Waals surface area (Å²) in [6.07, 6.45) is 0.903. The van der Waals surface area contributed by atoms with Crippen LogP contribution < -0.4 is 5.32 Å². The average Bonchev–Trinajstić information content (AvgIpc) is 3.28. The number of aromatic nitrogens is 1. The fourth-order valence-corrected chi connectivity index (χ4v) is 3.99. The second-order valence-corrected chi connectivity index (χ2v) is 7.23. The molecule has 6 nitrogen and oxygen atoms in total. The van der Waals surface area contributed by atoms with E-state index in [2.05, 4.69) is 34.6 Å². The third kappa shape index (κ3) is 3.41. The first-order valence-electron chi connectivity index (χ1n) is 8.40. The number of fused-ring (bicyclic) bond motifs is 3. The van der Waals surface area contributed by atoms with Crippen LogP contribution in [0.3, 0.4) is 0 Å². The number of rotatable bonds is 5. The summed E-state index contributed by atoms with van der Waals surface area (Å²) in [5.41, 5.74) is 4.65. The molecule has 27 heavy (non-hydrogen) atoms. The van der Waals surface area contributed by atoms with Gasteiger partial charge in [-0.25, -0.2) is 14.6 Å². The van der Waals surface area contributed by atoms with Crippen molar-refractivity contribution in [2.75, 3.05) is 6.61 Å². The van der Waals surface area contributed by atoms with E-state index >= 15 is 0 Å². The molecule has 1 aliphatic rings. The van der Waals surface area contributed by atoms with Gasteiger partial charge in [0.05, 0.1) is 6.54 Å². The molecule has 1 aromatic heterocycles. The Bertz CT molecular complexity index is 969. The molecule has 0 saturated heterocycles. The first-order valence-corrected chi connectivity index (χ1v) is 9.22. The number of carboxylic acid groups (broad SMARTS) is 1. The maximum atomic E-state index is 12.1. The van der Waals surface area contributed by atoms with E-state index < -0.39 is 12.1 Å². The van der Waals surface area contributed by atoms with Gasteiger partial charge in [0.1, 0.15) is 6.61 Å². The second-order valence-electron chi connectivity index (χ2n) is 6.12. The predicted molar refractivity (Wildman–Crippen MR) is 101 cm³/mol. The molecule has 0 unspecified atom stereocenters. The lowest BCUT2D eigenvalue weighted by molar-refractivity contribution is 0.0696. The number of aromatic carboxylic acids is 1. The van der Waals surface area contributed by atoms with E-state index in [-0.39, 0.29) is 24.1 Å². The topological polar surface area (TPSA) is 88.5 Å². The molecule has 0 spiro atoms. The zero-order chi connectivity index (χ0) is 18.8. The Balaban J connectivity index is 1.39. The molecule has 1 aliphatic carbocycles. The number of ether oxygens (including phenoxy) is 1. The Kier molecular flexibility index (Phi) is 4.60. The monoisotopic (exact) mass is 380 g/mol. The van der Waals surface area contributed by atoms with Crippen molar-refractivity contribution in [3.05, 3.63) is 75.7 Å². The van der Waals surface area contributed by atoms with Crippen LogP contribution in [0.25, 0.3) is 11.1 Å². The van der Waals surface area contributed by atoms with Gasteiger partial charge in [0.2, 0.25) is 5.01 Å². The minimum Gasteiger partial charge on any atom is -0.476 e. The quantitative estimate of drug-likeness (QED) is 0.701. The molecule has 2 N–H and O–H groups in total. The zero-order valence-corrected chi connectivity index (χ0v) is 15.0. The Morgan fingerprint density at radius 3 is 2.30 bits per heavy atom. The largest absolute Gasteiger partial charge is 0.476 e. The molecule has 3 aromatic rings. The number of benzene rings is 2. The highest BCUT2D eigenvalue weighted by Gasteiger charge is 2.28. The van der Waals surface area contributed by atoms with Crippen LogP contribution in [0.5, 0.6) is 0 Å². The van der Waals surface area contributed by atoms with Gasteiger partial charge in [0.15, 0.2) is 0 Å². The lowest BCUT2D eigenvalue weighted by atomic mass is 9.98. The summed E-state index contributed by atoms with van der Waals surface area (Å²) in [6.45, 7) is 0.421. The molecule has 1 heterocycles. The van der Waals surface area contributed by atoms with Crippen LogP contribution in [0.1, 0.15) is 31.7 Å². The molecule has 0 fully saturated rings. The summed E-state index contributed by atoms with van der Waals surface area (Å²) in [4.78, 5) is 27.3. The van der Waals surface area contributed by atoms with Crippen molar-refractivity contribution in [3.63, 3.8) is 0 Å². The molecular formula is C20H16N2O4S. The van der Waals surface area contributed by atoms with E-state index in [1.807, 2.05) is 24.3 Å². The first kappa shape index (κ1) is 17.2. The first-order chi connectivity index (χ1) is 13.1. The molecule has 0 aliphatic heterocycles. The third-order valence-corrected chi connectivity index (χ3v) is 5.47. The van der Waals surface area contributed by atoms with E-state index in [1.165, 1.54) is 17.3 Å². The molecule has 0 radical (unpaired) electrons. The van der Waals surface area contributed by atoms with Crippen LogP contribution in [-0.4, -0.2) is 28.8 Å². The number of carboxylic acids is 1. The van der Waals surface area contributed by atoms with Crippen LogP contribution in [-0.2, 0) is 11.3 Å². The number of thiazole rings is 1. The van der Waals surface area contributed by atoms with E-state index in [1.54, 1.807) is 0 Å². The van der Waals surface area contributed by atoms with Gasteiger partial charge >= 0.3 is 12.1 Å². The van der Waals surface area contributed by atoms with Crippen molar-refractivity contribution >= 4 is 23.4 Å². The summed E-state index contributed by atoms with van der Waals surface area (Å²) in [5.74, 6) is -1.07. The molecular weight excluding hydrogens is 364 g/mol. The Morgan fingerprint density at radius 1 is 1.07 bits per heavy atom. The number of nitrogens with zero attached hydrogens (tertiary/aromatic N) is 1. The van der Waals surface area contributed by atoms with Crippen LogP contribution >= 0.6 is 11.3 Å². The van der Waals surface area contributed by atoms with E-state index in [0.717, 1.165) is 22.5 Å². The minimum absolute atomic E-state index is 0.000614. The maximum absolute atomic E-state index is 12.1. The van der Waals surface area contributed by atoms with Gasteiger partial charge in [0.25, 0.3) is 0 Å². The second kappa shape index (κ2) is 7.20. The third-order valence-electron chi connectivity index (χ3n) is 4.49. The molecule has 1 amide bonds. The van der Waals surface area contributed by atoms with Crippen LogP contribution in [0, 0.1) is 0 Å². The summed E-state index contributed by atoms with van der Waals surface area (Å²) < 4.78 is 5.43. The molecule has 0 atom stereocenters. The van der Waals surface area contributed by atoms with Crippen molar-refractivity contribution in [3.8, 4) is 11.1 Å². The molecule has 0 bridgehead atoms. The summed E-state index contributed by atoms with van der Waals surface area (Å²) in [5, 5.41) is 11.5. The van der Waals surface area contributed by atoms with Gasteiger partial charge < -0.3 is 15.2 Å². The van der Waals surface area contributed by atoms with Gasteiger partial charge in [0, 0.05) is 17.0 Å². The van der Waals surface area contributed by atoms with E-state index in [0.29, 0.717) is 4.88 Å². The van der Waals surface area contributed by atoms with Gasteiger partial charge in [-0.2, -0.15) is 0 Å². The van der Waals surface area contributed by atoms with Crippen molar-refractivity contribution in [2.24, 2.45) is 0 Å². The highest BCUT2D eigenvalue weighted by Crippen LogP contribution is 2.44. The van der Waals surface area contributed by atoms with Gasteiger partial charge in [-0.1, -0.05) is 48.5 Å². The fraction of sp³-hybridized carbons (Fsp3) is 0.150. The van der Waals surface area contributed by atoms with Crippen LogP contribution in [0.4, 0.5) is 4.79 Å². The van der Waals surface area contributed by atoms with Crippen LogP contribution in [0.15, 0.2) is 54.7 Å². The lowest BCUT2D eigenvalue weighted by Gasteiger charge is -2.14. The normalized spacial score (nSPS) is 12.3. The Hall–Kier alpha value is -3.19. The van der Waals surface area contributed by atoms with Crippen molar-refractivity contribution in [1.82, 2.24) is 10.3 Å². The SMILES string of the molecule is O=C(NCc1cnc(C(=O)O)s1)OCC1c2ccccc2-c2ccccc21. The predicted octanol–water partition coefficient (Wildman–Crippen LogP) is 3.88. The highest BCUT2D eigenvalue weighted by atomic mass is 32.1. The standard InChI is InChI=1S/C20H16N2O4S/c23-19(24)18-21-9-12(27-18)10-22-20(25)26-11-17-15-7-3-1-5-13(15)14-6-2-4-8-16(14)17/h1-9,17H,10-11H2,(H,22,25)(H,23,24). The zero-order valence-electron chi connectivity index (χ0n) is 14.2. The van der Waals surface area contributed by atoms with Gasteiger partial charge in [-0.05, 0) is 22.3 Å². The number of nitrogens with one attached hydrogen (secondary N) is 1. The summed E-state index contributed by atoms with van der Waals surface area (Å²) in [6, 6.07) is 16.3. The maximum Gasteiger partial charge on any atom is 0.407 e. The summed E-state index contributed by atoms with van der Waals surface area (Å²) >= 11 is 1.03. The number of carbonyl (C=O) groups excluding carboxylic acids is 1. The lowest BCUT2D eigenvalue weighted by Crippen LogP contribution is -2.25. The van der Waals surface area contributed by atoms with E-state index in [4.69, 9.17) is 9.84 Å². The Labute approximate surface area is 159 Å². The van der Waals surface area contributed by atoms with E-state index in [9.17, 15) is 9.59 Å².